The van der Waals surface area contributed by atoms with Crippen molar-refractivity contribution < 1.29 is 14.8 Å². The van der Waals surface area contributed by atoms with Gasteiger partial charge in [-0.2, -0.15) is 0 Å². The Morgan fingerprint density at radius 1 is 1.10 bits per heavy atom. The normalized spacial score (nSPS) is 18.0. The standard InChI is InChI=1S/C24H26N4O3/c1-15-13-17(19-5-2-3-7-21(19)26-15)14-25-18-11-9-16(10-12-18)23(29)27-22-8-4-6-20(22)24(30)28-31/h2-3,5,7,9-13,20,22,25,31H,4,6,8,14H2,1H3,(H,27,29)(H,28,30)/t20-,22+/m0/s1. The number of aryl methyl sites for hydroxylation is 1. The fourth-order valence-electron chi connectivity index (χ4n) is 4.26. The molecule has 0 spiro atoms. The highest BCUT2D eigenvalue weighted by Crippen LogP contribution is 2.26. The van der Waals surface area contributed by atoms with E-state index in [4.69, 9.17) is 5.21 Å². The van der Waals surface area contributed by atoms with Crippen molar-refractivity contribution in [3.8, 4) is 0 Å². The van der Waals surface area contributed by atoms with Crippen molar-refractivity contribution in [2.24, 2.45) is 5.92 Å². The average Bonchev–Trinajstić information content (AvgIpc) is 3.25. The number of aromatic nitrogens is 1. The van der Waals surface area contributed by atoms with Crippen LogP contribution in [0, 0.1) is 12.8 Å². The lowest BCUT2D eigenvalue weighted by Gasteiger charge is -2.19. The first-order valence-electron chi connectivity index (χ1n) is 10.5. The first-order chi connectivity index (χ1) is 15.0. The van der Waals surface area contributed by atoms with Crippen molar-refractivity contribution in [1.82, 2.24) is 15.8 Å². The molecule has 0 radical (unpaired) electrons. The van der Waals surface area contributed by atoms with Gasteiger partial charge in [-0.25, -0.2) is 5.48 Å². The molecule has 160 valence electrons. The zero-order valence-corrected chi connectivity index (χ0v) is 17.4. The van der Waals surface area contributed by atoms with E-state index in [0.717, 1.165) is 35.1 Å². The molecule has 31 heavy (non-hydrogen) atoms. The van der Waals surface area contributed by atoms with Gasteiger partial charge in [0.05, 0.1) is 11.4 Å². The number of nitrogens with one attached hydrogen (secondary N) is 3. The molecule has 1 heterocycles. The SMILES string of the molecule is Cc1cc(CNc2ccc(C(=O)N[C@@H]3CCC[C@@H]3C(=O)NO)cc2)c2ccccc2n1. The molecule has 4 N–H and O–H groups in total. The van der Waals surface area contributed by atoms with E-state index in [-0.39, 0.29) is 11.9 Å². The molecule has 4 rings (SSSR count). The van der Waals surface area contributed by atoms with E-state index in [1.54, 1.807) is 17.6 Å². The Bertz CT molecular complexity index is 1100. The van der Waals surface area contributed by atoms with Gasteiger partial charge in [-0.3, -0.25) is 19.8 Å². The lowest BCUT2D eigenvalue weighted by Crippen LogP contribution is -2.43. The van der Waals surface area contributed by atoms with Crippen LogP contribution >= 0.6 is 0 Å². The Kier molecular flexibility index (Phi) is 6.13. The number of rotatable bonds is 6. The number of hydrogen-bond donors (Lipinski definition) is 4. The number of pyridine rings is 1. The number of hydrogen-bond acceptors (Lipinski definition) is 5. The summed E-state index contributed by atoms with van der Waals surface area (Å²) in [6.07, 6.45) is 2.22. The highest BCUT2D eigenvalue weighted by Gasteiger charge is 2.34. The van der Waals surface area contributed by atoms with Gasteiger partial charge in [-0.05, 0) is 61.7 Å². The Hall–Kier alpha value is -3.45. The summed E-state index contributed by atoms with van der Waals surface area (Å²) in [5, 5.41) is 16.3. The van der Waals surface area contributed by atoms with Gasteiger partial charge in [0.1, 0.15) is 0 Å². The monoisotopic (exact) mass is 418 g/mol. The van der Waals surface area contributed by atoms with Crippen LogP contribution in [0.5, 0.6) is 0 Å². The van der Waals surface area contributed by atoms with Gasteiger partial charge in [0.15, 0.2) is 0 Å². The molecule has 1 saturated carbocycles. The van der Waals surface area contributed by atoms with Crippen LogP contribution in [-0.4, -0.2) is 28.0 Å². The van der Waals surface area contributed by atoms with E-state index in [2.05, 4.69) is 27.8 Å². The minimum Gasteiger partial charge on any atom is -0.381 e. The number of benzene rings is 2. The molecule has 0 saturated heterocycles. The van der Waals surface area contributed by atoms with Crippen molar-refractivity contribution in [3.63, 3.8) is 0 Å². The van der Waals surface area contributed by atoms with Crippen molar-refractivity contribution >= 4 is 28.4 Å². The molecule has 0 bridgehead atoms. The zero-order chi connectivity index (χ0) is 21.8. The summed E-state index contributed by atoms with van der Waals surface area (Å²) in [7, 11) is 0. The number of carbonyl (C=O) groups excluding carboxylic acids is 2. The number of para-hydroxylation sites is 1. The van der Waals surface area contributed by atoms with E-state index in [9.17, 15) is 9.59 Å². The maximum Gasteiger partial charge on any atom is 0.251 e. The Morgan fingerprint density at radius 2 is 1.87 bits per heavy atom. The summed E-state index contributed by atoms with van der Waals surface area (Å²) in [4.78, 5) is 28.9. The summed E-state index contributed by atoms with van der Waals surface area (Å²) in [6.45, 7) is 2.64. The second-order valence-corrected chi connectivity index (χ2v) is 7.96. The maximum atomic E-state index is 12.6. The van der Waals surface area contributed by atoms with E-state index in [1.165, 1.54) is 5.56 Å². The largest absolute Gasteiger partial charge is 0.381 e. The predicted molar refractivity (Wildman–Crippen MR) is 119 cm³/mol. The van der Waals surface area contributed by atoms with Crippen LogP contribution in [0.4, 0.5) is 5.69 Å². The van der Waals surface area contributed by atoms with Gasteiger partial charge < -0.3 is 10.6 Å². The summed E-state index contributed by atoms with van der Waals surface area (Å²) in [5.41, 5.74) is 6.26. The number of amides is 2. The molecule has 2 atom stereocenters. The number of anilines is 1. The summed E-state index contributed by atoms with van der Waals surface area (Å²) < 4.78 is 0. The molecule has 0 aliphatic heterocycles. The fraction of sp³-hybridized carbons (Fsp3) is 0.292. The number of hydroxylamine groups is 1. The minimum absolute atomic E-state index is 0.218. The lowest BCUT2D eigenvalue weighted by atomic mass is 10.0. The molecule has 7 heteroatoms. The van der Waals surface area contributed by atoms with Crippen molar-refractivity contribution in [3.05, 3.63) is 71.4 Å². The Labute approximate surface area is 180 Å². The number of carbonyl (C=O) groups is 2. The van der Waals surface area contributed by atoms with E-state index in [0.29, 0.717) is 18.5 Å². The van der Waals surface area contributed by atoms with Gasteiger partial charge in [-0.15, -0.1) is 0 Å². The molecule has 2 amide bonds. The number of fused-ring (bicyclic) bond motifs is 1. The smallest absolute Gasteiger partial charge is 0.251 e. The third-order valence-corrected chi connectivity index (χ3v) is 5.84. The van der Waals surface area contributed by atoms with Crippen LogP contribution in [0.3, 0.4) is 0 Å². The van der Waals surface area contributed by atoms with Gasteiger partial charge >= 0.3 is 0 Å². The predicted octanol–water partition coefficient (Wildman–Crippen LogP) is 3.56. The maximum absolute atomic E-state index is 12.6. The molecular weight excluding hydrogens is 392 g/mol. The molecule has 1 fully saturated rings. The van der Waals surface area contributed by atoms with Crippen molar-refractivity contribution in [2.45, 2.75) is 38.8 Å². The molecule has 0 unspecified atom stereocenters. The molecule has 1 aromatic heterocycles. The van der Waals surface area contributed by atoms with Crippen LogP contribution in [0.1, 0.15) is 40.9 Å². The van der Waals surface area contributed by atoms with Gasteiger partial charge in [-0.1, -0.05) is 24.6 Å². The fourth-order valence-corrected chi connectivity index (χ4v) is 4.26. The Balaban J connectivity index is 1.40. The summed E-state index contributed by atoms with van der Waals surface area (Å²) in [6, 6.07) is 17.2. The quantitative estimate of drug-likeness (QED) is 0.362. The molecular formula is C24H26N4O3. The molecule has 1 aliphatic rings. The highest BCUT2D eigenvalue weighted by atomic mass is 16.5. The van der Waals surface area contributed by atoms with Gasteiger partial charge in [0.25, 0.3) is 5.91 Å². The topological polar surface area (TPSA) is 103 Å². The molecule has 2 aromatic carbocycles. The summed E-state index contributed by atoms with van der Waals surface area (Å²) >= 11 is 0. The van der Waals surface area contributed by atoms with Crippen molar-refractivity contribution in [2.75, 3.05) is 5.32 Å². The summed E-state index contributed by atoms with van der Waals surface area (Å²) in [5.74, 6) is -1.06. The second kappa shape index (κ2) is 9.14. The first-order valence-corrected chi connectivity index (χ1v) is 10.5. The van der Waals surface area contributed by atoms with Crippen LogP contribution in [0.15, 0.2) is 54.6 Å². The van der Waals surface area contributed by atoms with Crippen LogP contribution in [0.2, 0.25) is 0 Å². The third kappa shape index (κ3) is 4.67. The van der Waals surface area contributed by atoms with E-state index < -0.39 is 11.8 Å². The second-order valence-electron chi connectivity index (χ2n) is 7.96. The van der Waals surface area contributed by atoms with E-state index in [1.807, 2.05) is 37.3 Å². The molecule has 7 nitrogen and oxygen atoms in total. The zero-order valence-electron chi connectivity index (χ0n) is 17.4. The third-order valence-electron chi connectivity index (χ3n) is 5.84. The van der Waals surface area contributed by atoms with Crippen molar-refractivity contribution in [1.29, 1.82) is 0 Å². The minimum atomic E-state index is -0.443. The Morgan fingerprint density at radius 3 is 2.65 bits per heavy atom. The van der Waals surface area contributed by atoms with Crippen LogP contribution in [-0.2, 0) is 11.3 Å². The molecule has 3 aromatic rings. The van der Waals surface area contributed by atoms with Gasteiger partial charge in [0.2, 0.25) is 5.91 Å². The lowest BCUT2D eigenvalue weighted by molar-refractivity contribution is -0.133. The first kappa shape index (κ1) is 20.8. The van der Waals surface area contributed by atoms with E-state index >= 15 is 0 Å². The average molecular weight is 418 g/mol. The number of nitrogens with zero attached hydrogens (tertiary/aromatic N) is 1. The molecule has 1 aliphatic carbocycles. The van der Waals surface area contributed by atoms with Crippen LogP contribution < -0.4 is 16.1 Å². The van der Waals surface area contributed by atoms with Gasteiger partial charge in [0, 0.05) is 34.9 Å². The highest BCUT2D eigenvalue weighted by molar-refractivity contribution is 5.95. The van der Waals surface area contributed by atoms with Crippen LogP contribution in [0.25, 0.3) is 10.9 Å².